The molecule has 0 fully saturated rings. The van der Waals surface area contributed by atoms with E-state index in [9.17, 15) is 39.9 Å². The van der Waals surface area contributed by atoms with Crippen molar-refractivity contribution in [2.75, 3.05) is 0 Å². The van der Waals surface area contributed by atoms with Crippen LogP contribution in [0.15, 0.2) is 79.0 Å². The number of benzene rings is 2. The van der Waals surface area contributed by atoms with E-state index in [1.807, 2.05) is 0 Å². The Bertz CT molecular complexity index is 1280. The average Bonchev–Trinajstić information content (AvgIpc) is 2.82. The average molecular weight is 565 g/mol. The molecule has 13 heteroatoms. The van der Waals surface area contributed by atoms with Crippen LogP contribution in [0.4, 0.5) is 35.1 Å². The van der Waals surface area contributed by atoms with Gasteiger partial charge in [0.05, 0.1) is 10.7 Å². The number of hydrogen-bond acceptors (Lipinski definition) is 3. The number of carbonyl (C=O) groups excluding carboxylic acids is 1. The van der Waals surface area contributed by atoms with Gasteiger partial charge < -0.3 is 10.1 Å². The van der Waals surface area contributed by atoms with Crippen LogP contribution in [-0.4, -0.2) is 29.6 Å². The van der Waals surface area contributed by atoms with Crippen molar-refractivity contribution >= 4 is 17.5 Å². The fourth-order valence-corrected chi connectivity index (χ4v) is 3.65. The summed E-state index contributed by atoms with van der Waals surface area (Å²) in [5, 5.41) is 2.48. The van der Waals surface area contributed by atoms with Crippen LogP contribution in [-0.2, 0) is 16.8 Å². The molecule has 3 rings (SSSR count). The molecule has 0 saturated carbocycles. The first-order valence-electron chi connectivity index (χ1n) is 10.6. The van der Waals surface area contributed by atoms with Crippen LogP contribution >= 0.6 is 11.6 Å². The number of allylic oxidation sites excluding steroid dienone is 1. The van der Waals surface area contributed by atoms with E-state index in [4.69, 9.17) is 11.6 Å². The lowest BCUT2D eigenvalue weighted by molar-refractivity contribution is -0.253. The summed E-state index contributed by atoms with van der Waals surface area (Å²) in [5.41, 5.74) is -1.99. The molecule has 1 heterocycles. The normalized spacial score (nSPS) is 13.9. The van der Waals surface area contributed by atoms with Crippen LogP contribution in [0, 0.1) is 5.82 Å². The van der Waals surface area contributed by atoms with Crippen LogP contribution in [0.1, 0.15) is 16.8 Å². The maximum absolute atomic E-state index is 14.7. The zero-order valence-corrected chi connectivity index (χ0v) is 19.7. The minimum absolute atomic E-state index is 0.0864. The second kappa shape index (κ2) is 11.4. The lowest BCUT2D eigenvalue weighted by Gasteiger charge is -2.35. The highest BCUT2D eigenvalue weighted by Gasteiger charge is 2.45. The van der Waals surface area contributed by atoms with Crippen LogP contribution in [0.25, 0.3) is 0 Å². The molecule has 0 saturated heterocycles. The maximum Gasteiger partial charge on any atom is 0.461 e. The molecule has 0 spiro atoms. The number of nitrogens with one attached hydrogen (secondary N) is 1. The first kappa shape index (κ1) is 28.9. The van der Waals surface area contributed by atoms with Crippen LogP contribution < -0.4 is 10.1 Å². The van der Waals surface area contributed by atoms with E-state index < -0.39 is 41.7 Å². The highest BCUT2D eigenvalue weighted by molar-refractivity contribution is 6.30. The summed E-state index contributed by atoms with van der Waals surface area (Å²) in [6.07, 6.45) is -13.4. The number of amides is 1. The second-order valence-corrected chi connectivity index (χ2v) is 8.37. The molecule has 3 aromatic rings. The van der Waals surface area contributed by atoms with Crippen molar-refractivity contribution in [1.29, 1.82) is 0 Å². The molecule has 1 aromatic heterocycles. The molecule has 1 amide bonds. The van der Waals surface area contributed by atoms with Crippen molar-refractivity contribution in [3.05, 3.63) is 107 Å². The van der Waals surface area contributed by atoms with Gasteiger partial charge in [-0.3, -0.25) is 9.78 Å². The number of carbonyl (C=O) groups is 1. The molecule has 202 valence electrons. The summed E-state index contributed by atoms with van der Waals surface area (Å²) in [4.78, 5) is 16.8. The van der Waals surface area contributed by atoms with Gasteiger partial charge in [0.2, 0.25) is 5.91 Å². The molecule has 38 heavy (non-hydrogen) atoms. The van der Waals surface area contributed by atoms with E-state index in [1.54, 1.807) is 30.3 Å². The van der Waals surface area contributed by atoms with E-state index in [2.05, 4.69) is 15.0 Å². The Labute approximate surface area is 215 Å². The summed E-state index contributed by atoms with van der Waals surface area (Å²) in [5.74, 6) is -3.56. The first-order valence-corrected chi connectivity index (χ1v) is 11.0. The largest absolute Gasteiger partial charge is 0.461 e. The third-order valence-corrected chi connectivity index (χ3v) is 5.33. The molecule has 0 aliphatic carbocycles. The Kier molecular flexibility index (Phi) is 8.65. The Morgan fingerprint density at radius 2 is 1.71 bits per heavy atom. The number of alkyl halides is 7. The van der Waals surface area contributed by atoms with Gasteiger partial charge in [-0.25, -0.2) is 4.39 Å². The van der Waals surface area contributed by atoms with Gasteiger partial charge in [0.1, 0.15) is 17.1 Å². The van der Waals surface area contributed by atoms with Crippen LogP contribution in [0.3, 0.4) is 0 Å². The molecule has 2 aromatic carbocycles. The topological polar surface area (TPSA) is 51.2 Å². The highest BCUT2D eigenvalue weighted by Crippen LogP contribution is 2.37. The zero-order chi connectivity index (χ0) is 28.1. The Morgan fingerprint density at radius 1 is 1.03 bits per heavy atom. The Balaban J connectivity index is 2.26. The zero-order valence-electron chi connectivity index (χ0n) is 19.0. The van der Waals surface area contributed by atoms with Crippen molar-refractivity contribution < 1.29 is 44.7 Å². The number of pyridine rings is 1. The van der Waals surface area contributed by atoms with E-state index in [-0.39, 0.29) is 34.9 Å². The third kappa shape index (κ3) is 7.44. The molecule has 0 aliphatic heterocycles. The van der Waals surface area contributed by atoms with E-state index in [0.29, 0.717) is 11.6 Å². The fraction of sp³-hybridized carbons (Fsp3) is 0.200. The molecule has 0 bridgehead atoms. The van der Waals surface area contributed by atoms with Gasteiger partial charge in [-0.2, -0.15) is 30.7 Å². The number of rotatable bonds is 9. The predicted molar refractivity (Wildman–Crippen MR) is 121 cm³/mol. The molecule has 0 radical (unpaired) electrons. The standard InChI is InChI=1S/C25H17ClF8N2O2/c26-17-6-7-20(35-14-17)23(13-15-4-2-1-3-5-15,36-21(37)8-9-24(30,31)32)16-10-18(27)12-19(11-16)38-25(33,34)22(28)29/h1-12,14,22H,13H2,(H,36,37)/b9-8+/t23-/m0/s1. The van der Waals surface area contributed by atoms with Crippen molar-refractivity contribution in [2.24, 2.45) is 0 Å². The molecule has 1 atom stereocenters. The summed E-state index contributed by atoms with van der Waals surface area (Å²) >= 11 is 5.91. The SMILES string of the molecule is O=C(/C=C/C(F)(F)F)N[C@@](Cc1ccccc1)(c1cc(F)cc(OC(F)(F)C(F)F)c1)c1ccc(Cl)cn1. The van der Waals surface area contributed by atoms with Gasteiger partial charge in [0, 0.05) is 30.8 Å². The number of ether oxygens (including phenoxy) is 1. The van der Waals surface area contributed by atoms with Crippen LogP contribution in [0.5, 0.6) is 5.75 Å². The molecular weight excluding hydrogens is 548 g/mol. The van der Waals surface area contributed by atoms with Crippen molar-refractivity contribution in [2.45, 2.75) is 30.7 Å². The summed E-state index contributed by atoms with van der Waals surface area (Å²) in [6.45, 7) is 0. The monoisotopic (exact) mass is 564 g/mol. The lowest BCUT2D eigenvalue weighted by Crippen LogP contribution is -2.49. The first-order chi connectivity index (χ1) is 17.7. The predicted octanol–water partition coefficient (Wildman–Crippen LogP) is 6.83. The van der Waals surface area contributed by atoms with Crippen molar-refractivity contribution in [1.82, 2.24) is 10.3 Å². The molecule has 1 N–H and O–H groups in total. The number of nitrogens with zero attached hydrogens (tertiary/aromatic N) is 1. The summed E-state index contributed by atoms with van der Waals surface area (Å²) in [7, 11) is 0. The quantitative estimate of drug-likeness (QED) is 0.229. The number of hydrogen-bond donors (Lipinski definition) is 1. The third-order valence-electron chi connectivity index (χ3n) is 5.11. The summed E-state index contributed by atoms with van der Waals surface area (Å²) in [6, 6.07) is 12.5. The minimum Gasteiger partial charge on any atom is -0.428 e. The Morgan fingerprint density at radius 3 is 2.29 bits per heavy atom. The molecule has 4 nitrogen and oxygen atoms in total. The van der Waals surface area contributed by atoms with Crippen molar-refractivity contribution in [3.63, 3.8) is 0 Å². The smallest absolute Gasteiger partial charge is 0.428 e. The van der Waals surface area contributed by atoms with Gasteiger partial charge in [-0.1, -0.05) is 41.9 Å². The number of halogens is 9. The van der Waals surface area contributed by atoms with E-state index in [1.165, 1.54) is 12.1 Å². The molecule has 0 aliphatic rings. The van der Waals surface area contributed by atoms with Gasteiger partial charge in [0.25, 0.3) is 0 Å². The van der Waals surface area contributed by atoms with E-state index in [0.717, 1.165) is 18.3 Å². The molecular formula is C25H17ClF8N2O2. The Hall–Kier alpha value is -3.67. The van der Waals surface area contributed by atoms with Crippen LogP contribution in [0.2, 0.25) is 5.02 Å². The number of aromatic nitrogens is 1. The van der Waals surface area contributed by atoms with E-state index >= 15 is 0 Å². The summed E-state index contributed by atoms with van der Waals surface area (Å²) < 4.78 is 110. The van der Waals surface area contributed by atoms with Gasteiger partial charge >= 0.3 is 18.7 Å². The highest BCUT2D eigenvalue weighted by atomic mass is 35.5. The van der Waals surface area contributed by atoms with Gasteiger partial charge in [-0.15, -0.1) is 0 Å². The minimum atomic E-state index is -5.00. The van der Waals surface area contributed by atoms with Gasteiger partial charge in [-0.05, 0) is 35.4 Å². The lowest BCUT2D eigenvalue weighted by atomic mass is 9.80. The molecule has 0 unspecified atom stereocenters. The van der Waals surface area contributed by atoms with Gasteiger partial charge in [0.15, 0.2) is 0 Å². The fourth-order valence-electron chi connectivity index (χ4n) is 3.54. The maximum atomic E-state index is 14.7. The second-order valence-electron chi connectivity index (χ2n) is 7.93. The van der Waals surface area contributed by atoms with Crippen molar-refractivity contribution in [3.8, 4) is 5.75 Å².